The topological polar surface area (TPSA) is 48.8 Å². The Kier molecular flexibility index (Phi) is 4.40. The summed E-state index contributed by atoms with van der Waals surface area (Å²) < 4.78 is 0. The fraction of sp³-hybridized carbons (Fsp3) is 0. The van der Waals surface area contributed by atoms with Gasteiger partial charge in [0, 0.05) is 16.0 Å². The molecule has 0 amide bonds. The van der Waals surface area contributed by atoms with E-state index in [0.29, 0.717) is 11.3 Å². The van der Waals surface area contributed by atoms with E-state index < -0.39 is 0 Å². The minimum absolute atomic E-state index is 0.541. The maximum absolute atomic E-state index is 8.63. The fourth-order valence-electron chi connectivity index (χ4n) is 2.31. The number of rotatable bonds is 2. The van der Waals surface area contributed by atoms with Crippen LogP contribution in [0.15, 0.2) is 84.0 Å². The number of hydrogen-bond donors (Lipinski definition) is 0. The molecule has 0 spiro atoms. The summed E-state index contributed by atoms with van der Waals surface area (Å²) in [4.78, 5) is 2.84. The average Bonchev–Trinajstić information content (AvgIpc) is 2.62. The molecule has 3 heteroatoms. The first-order valence-corrected chi connectivity index (χ1v) is 7.19. The predicted molar refractivity (Wildman–Crippen MR) is 93.1 cm³/mol. The third-order valence-corrected chi connectivity index (χ3v) is 3.40. The Morgan fingerprint density at radius 1 is 0.696 bits per heavy atom. The summed E-state index contributed by atoms with van der Waals surface area (Å²) in [7, 11) is 0. The Morgan fingerprint density at radius 2 is 1.30 bits per heavy atom. The molecular weight excluding hydrogens is 282 g/mol. The van der Waals surface area contributed by atoms with Gasteiger partial charge >= 0.3 is 0 Å². The number of azide groups is 1. The molecule has 0 heterocycles. The number of nitrogens with zero attached hydrogens (tertiary/aromatic N) is 3. The van der Waals surface area contributed by atoms with E-state index in [1.54, 1.807) is 6.07 Å². The van der Waals surface area contributed by atoms with E-state index in [9.17, 15) is 0 Å². The predicted octanol–water partition coefficient (Wildman–Crippen LogP) is 5.70. The van der Waals surface area contributed by atoms with Gasteiger partial charge in [0.05, 0.1) is 5.69 Å². The maximum atomic E-state index is 8.63. The standard InChI is InChI=1S/C20H13N3/c21-23-22-20-13-7-5-11-18(20)15-14-17-10-4-6-12-19(17)16-8-2-1-3-9-16/h1-13H. The second-order valence-electron chi connectivity index (χ2n) is 4.87. The molecule has 3 aromatic carbocycles. The molecule has 3 aromatic rings. The van der Waals surface area contributed by atoms with Gasteiger partial charge in [0.15, 0.2) is 0 Å². The van der Waals surface area contributed by atoms with E-state index in [-0.39, 0.29) is 0 Å². The Labute approximate surface area is 134 Å². The third-order valence-electron chi connectivity index (χ3n) is 3.40. The number of benzene rings is 3. The lowest BCUT2D eigenvalue weighted by molar-refractivity contribution is 1.45. The lowest BCUT2D eigenvalue weighted by Gasteiger charge is -2.04. The third kappa shape index (κ3) is 3.41. The summed E-state index contributed by atoms with van der Waals surface area (Å²) >= 11 is 0. The van der Waals surface area contributed by atoms with E-state index in [1.165, 1.54) is 0 Å². The van der Waals surface area contributed by atoms with Crippen LogP contribution >= 0.6 is 0 Å². The van der Waals surface area contributed by atoms with Crippen molar-refractivity contribution in [2.45, 2.75) is 0 Å². The zero-order chi connectivity index (χ0) is 15.9. The Bertz CT molecular complexity index is 928. The van der Waals surface area contributed by atoms with Crippen LogP contribution in [-0.2, 0) is 0 Å². The SMILES string of the molecule is [N-]=[N+]=Nc1ccccc1C#Cc1ccccc1-c1ccccc1. The van der Waals surface area contributed by atoms with Crippen LogP contribution in [0.25, 0.3) is 21.6 Å². The van der Waals surface area contributed by atoms with Gasteiger partial charge in [-0.25, -0.2) is 0 Å². The van der Waals surface area contributed by atoms with Crippen LogP contribution in [0.4, 0.5) is 5.69 Å². The van der Waals surface area contributed by atoms with Crippen molar-refractivity contribution in [1.82, 2.24) is 0 Å². The summed E-state index contributed by atoms with van der Waals surface area (Å²) in [6.07, 6.45) is 0. The van der Waals surface area contributed by atoms with Crippen LogP contribution < -0.4 is 0 Å². The minimum Gasteiger partial charge on any atom is -0.0622 e. The van der Waals surface area contributed by atoms with Crippen molar-refractivity contribution in [3.63, 3.8) is 0 Å². The Balaban J connectivity index is 2.05. The smallest absolute Gasteiger partial charge is 0.0532 e. The van der Waals surface area contributed by atoms with E-state index in [2.05, 4.69) is 40.1 Å². The highest BCUT2D eigenvalue weighted by Crippen LogP contribution is 2.23. The summed E-state index contributed by atoms with van der Waals surface area (Å²) in [6.45, 7) is 0. The van der Waals surface area contributed by atoms with Crippen LogP contribution in [0.1, 0.15) is 11.1 Å². The van der Waals surface area contributed by atoms with Gasteiger partial charge in [0.1, 0.15) is 0 Å². The van der Waals surface area contributed by atoms with Crippen LogP contribution in [0.2, 0.25) is 0 Å². The molecule has 0 radical (unpaired) electrons. The van der Waals surface area contributed by atoms with Gasteiger partial charge < -0.3 is 0 Å². The second-order valence-corrected chi connectivity index (χ2v) is 4.87. The zero-order valence-corrected chi connectivity index (χ0v) is 12.3. The van der Waals surface area contributed by atoms with Gasteiger partial charge in [-0.2, -0.15) is 0 Å². The molecule has 0 aromatic heterocycles. The molecule has 0 aliphatic rings. The van der Waals surface area contributed by atoms with Gasteiger partial charge in [0.25, 0.3) is 0 Å². The normalized spacial score (nSPS) is 9.39. The van der Waals surface area contributed by atoms with Gasteiger partial charge in [-0.15, -0.1) is 0 Å². The first-order valence-electron chi connectivity index (χ1n) is 7.19. The minimum atomic E-state index is 0.541. The molecule has 0 saturated carbocycles. The van der Waals surface area contributed by atoms with Crippen molar-refractivity contribution >= 4 is 5.69 Å². The average molecular weight is 295 g/mol. The molecule has 0 bridgehead atoms. The van der Waals surface area contributed by atoms with Crippen molar-refractivity contribution in [3.05, 3.63) is 100 Å². The molecule has 0 aliphatic heterocycles. The van der Waals surface area contributed by atoms with Gasteiger partial charge in [-0.05, 0) is 28.8 Å². The largest absolute Gasteiger partial charge is 0.0622 e. The monoisotopic (exact) mass is 295 g/mol. The molecule has 23 heavy (non-hydrogen) atoms. The summed E-state index contributed by atoms with van der Waals surface area (Å²) in [5, 5.41) is 3.68. The highest BCUT2D eigenvalue weighted by molar-refractivity contribution is 5.71. The van der Waals surface area contributed by atoms with Crippen molar-refractivity contribution < 1.29 is 0 Å². The van der Waals surface area contributed by atoms with Crippen molar-refractivity contribution in [1.29, 1.82) is 0 Å². The van der Waals surface area contributed by atoms with Crippen LogP contribution in [0, 0.1) is 11.8 Å². The molecular formula is C20H13N3. The molecule has 0 saturated heterocycles. The van der Waals surface area contributed by atoms with E-state index in [0.717, 1.165) is 16.7 Å². The fourth-order valence-corrected chi connectivity index (χ4v) is 2.31. The molecule has 3 rings (SSSR count). The molecule has 0 fully saturated rings. The van der Waals surface area contributed by atoms with Crippen LogP contribution in [0.3, 0.4) is 0 Å². The van der Waals surface area contributed by atoms with Crippen molar-refractivity contribution in [3.8, 4) is 23.0 Å². The van der Waals surface area contributed by atoms with E-state index >= 15 is 0 Å². The summed E-state index contributed by atoms with van der Waals surface area (Å²) in [5.74, 6) is 6.30. The second kappa shape index (κ2) is 7.00. The lowest BCUT2D eigenvalue weighted by atomic mass is 10.00. The molecule has 0 N–H and O–H groups in total. The van der Waals surface area contributed by atoms with E-state index in [4.69, 9.17) is 5.53 Å². The highest BCUT2D eigenvalue weighted by Gasteiger charge is 2.01. The van der Waals surface area contributed by atoms with Crippen molar-refractivity contribution in [2.75, 3.05) is 0 Å². The molecule has 0 aliphatic carbocycles. The van der Waals surface area contributed by atoms with Gasteiger partial charge in [-0.3, -0.25) is 0 Å². The lowest BCUT2D eigenvalue weighted by Crippen LogP contribution is -1.84. The molecule has 108 valence electrons. The zero-order valence-electron chi connectivity index (χ0n) is 12.3. The molecule has 3 nitrogen and oxygen atoms in total. The number of hydrogen-bond acceptors (Lipinski definition) is 1. The summed E-state index contributed by atoms with van der Waals surface area (Å²) in [6, 6.07) is 25.5. The highest BCUT2D eigenvalue weighted by atomic mass is 15.1. The first kappa shape index (κ1) is 14.5. The molecule has 0 atom stereocenters. The Hall–Kier alpha value is -3.47. The molecule has 0 unspecified atom stereocenters. The van der Waals surface area contributed by atoms with Crippen LogP contribution in [0.5, 0.6) is 0 Å². The quantitative estimate of drug-likeness (QED) is 0.252. The van der Waals surface area contributed by atoms with Crippen molar-refractivity contribution in [2.24, 2.45) is 5.11 Å². The van der Waals surface area contributed by atoms with Gasteiger partial charge in [-0.1, -0.05) is 83.7 Å². The Morgan fingerprint density at radius 3 is 2.09 bits per heavy atom. The van der Waals surface area contributed by atoms with Gasteiger partial charge in [0.2, 0.25) is 0 Å². The maximum Gasteiger partial charge on any atom is 0.0532 e. The summed E-state index contributed by atoms with van der Waals surface area (Å²) in [5.41, 5.74) is 13.0. The first-order chi connectivity index (χ1) is 11.4. The van der Waals surface area contributed by atoms with E-state index in [1.807, 2.05) is 54.6 Å². The van der Waals surface area contributed by atoms with Crippen LogP contribution in [-0.4, -0.2) is 0 Å².